The summed E-state index contributed by atoms with van der Waals surface area (Å²) in [6.45, 7) is 0. The van der Waals surface area contributed by atoms with Crippen molar-refractivity contribution in [2.24, 2.45) is 0 Å². The van der Waals surface area contributed by atoms with Crippen LogP contribution in [0, 0.1) is 0 Å². The van der Waals surface area contributed by atoms with E-state index < -0.39 is 0 Å². The van der Waals surface area contributed by atoms with Gasteiger partial charge in [-0.15, -0.1) is 22.7 Å². The van der Waals surface area contributed by atoms with Gasteiger partial charge in [-0.3, -0.25) is 0 Å². The smallest absolute Gasteiger partial charge is 0.0638 e. The van der Waals surface area contributed by atoms with Gasteiger partial charge in [-0.25, -0.2) is 0 Å². The average Bonchev–Trinajstić information content (AvgIpc) is 1.75. The summed E-state index contributed by atoms with van der Waals surface area (Å²) in [5.41, 5.74) is 14.0. The first-order valence-corrected chi connectivity index (χ1v) is 29.4. The van der Waals surface area contributed by atoms with Crippen molar-refractivity contribution in [2.45, 2.75) is 0 Å². The monoisotopic (exact) mass is 1080 g/mol. The maximum atomic E-state index is 8.94. The van der Waals surface area contributed by atoms with Gasteiger partial charge in [0.15, 0.2) is 0 Å². The normalized spacial score (nSPS) is 12.6. The number of fused-ring (bicyclic) bond motifs is 21. The molecule has 18 aromatic rings. The van der Waals surface area contributed by atoms with E-state index in [1.807, 2.05) is 53.8 Å². The number of hydrogen-bond acceptors (Lipinski definition) is 2. The van der Waals surface area contributed by atoms with Gasteiger partial charge in [0.05, 0.1) is 27.5 Å². The molecule has 0 saturated carbocycles. The van der Waals surface area contributed by atoms with Crippen molar-refractivity contribution in [1.29, 1.82) is 0 Å². The Morgan fingerprint density at radius 2 is 0.732 bits per heavy atom. The SMILES string of the molecule is [2H]c1c([2H])c([2H])c2c(sc3c4ccccc4c4c(c5ccc(-c6ccccc6)cc5n4-c4ccccc4)c32)c1[2H].c1ccc(-c2ccc3c4c5c6cc(-c7cccc8ccccc78)ccc6sc5c5ccccc5c4n(-c4ccccc4)c3c2)cc1. The fourth-order valence-corrected chi connectivity index (χ4v) is 15.5. The van der Waals surface area contributed by atoms with Crippen LogP contribution < -0.4 is 0 Å². The molecule has 382 valence electrons. The summed E-state index contributed by atoms with van der Waals surface area (Å²) in [6, 6.07) is 95.2. The molecule has 0 spiro atoms. The summed E-state index contributed by atoms with van der Waals surface area (Å²) >= 11 is 3.38. The van der Waals surface area contributed by atoms with Crippen LogP contribution in [-0.4, -0.2) is 9.13 Å². The van der Waals surface area contributed by atoms with E-state index in [2.05, 4.69) is 234 Å². The Morgan fingerprint density at radius 1 is 0.280 bits per heavy atom. The Bertz CT molecular complexity index is 5800. The van der Waals surface area contributed by atoms with Crippen LogP contribution in [0.25, 0.3) is 161 Å². The van der Waals surface area contributed by atoms with Gasteiger partial charge in [0, 0.05) is 94.8 Å². The van der Waals surface area contributed by atoms with Gasteiger partial charge in [-0.2, -0.15) is 0 Å². The van der Waals surface area contributed by atoms with Crippen LogP contribution in [-0.2, 0) is 0 Å². The fraction of sp³-hybridized carbons (Fsp3) is 0. The molecule has 0 atom stereocenters. The molecular formula is C78H48N2S2. The summed E-state index contributed by atoms with van der Waals surface area (Å²) in [6.07, 6.45) is 0. The topological polar surface area (TPSA) is 9.86 Å². The fourth-order valence-electron chi connectivity index (χ4n) is 13.1. The second kappa shape index (κ2) is 18.8. The number of thiophene rings is 2. The lowest BCUT2D eigenvalue weighted by molar-refractivity contribution is 1.19. The third kappa shape index (κ3) is 7.19. The van der Waals surface area contributed by atoms with E-state index in [1.54, 1.807) is 0 Å². The summed E-state index contributed by atoms with van der Waals surface area (Å²) in [5, 5.41) is 16.1. The highest BCUT2D eigenvalue weighted by Crippen LogP contribution is 2.51. The molecule has 0 saturated heterocycles. The molecule has 0 bridgehead atoms. The van der Waals surface area contributed by atoms with E-state index in [0.717, 1.165) is 59.5 Å². The molecule has 18 rings (SSSR count). The standard InChI is InChI=1S/C44H27NS.C34H21NS/c1-3-12-28(13-4-1)30-22-24-37-39(27-30)45(32-16-5-2-6-17-32)43-35-19-9-10-20-36(35)44-42(41(37)43)38-26-31(23-25-40(38)46-44)34-21-11-15-29-14-7-8-18-33(29)34;1-3-11-22(12-4-1)23-19-20-27-29(21-23)35(24-13-5-2-6-14-24)33-25-15-7-8-16-26(25)34-32(31(27)33)28-17-9-10-18-30(28)36-34/h1-27H;1-21H/i;9D,10D,17D,18D. The quantitative estimate of drug-likeness (QED) is 0.163. The highest BCUT2D eigenvalue weighted by molar-refractivity contribution is 7.27. The van der Waals surface area contributed by atoms with Gasteiger partial charge >= 0.3 is 0 Å². The van der Waals surface area contributed by atoms with Gasteiger partial charge in [0.1, 0.15) is 0 Å². The molecule has 0 aliphatic carbocycles. The molecule has 0 amide bonds. The molecule has 4 aromatic heterocycles. The highest BCUT2D eigenvalue weighted by Gasteiger charge is 2.25. The minimum Gasteiger partial charge on any atom is -0.309 e. The van der Waals surface area contributed by atoms with Crippen molar-refractivity contribution in [3.63, 3.8) is 0 Å². The zero-order valence-corrected chi connectivity index (χ0v) is 45.7. The Labute approximate surface area is 486 Å². The van der Waals surface area contributed by atoms with Crippen LogP contribution in [0.15, 0.2) is 291 Å². The third-order valence-electron chi connectivity index (χ3n) is 16.7. The molecule has 2 nitrogen and oxygen atoms in total. The zero-order valence-electron chi connectivity index (χ0n) is 48.1. The number of hydrogen-bond donors (Lipinski definition) is 0. The molecule has 0 aliphatic rings. The lowest BCUT2D eigenvalue weighted by Crippen LogP contribution is -1.94. The molecule has 0 radical (unpaired) electrons. The summed E-state index contributed by atoms with van der Waals surface area (Å²) in [4.78, 5) is 0. The highest BCUT2D eigenvalue weighted by atomic mass is 32.1. The first-order valence-electron chi connectivity index (χ1n) is 29.7. The van der Waals surface area contributed by atoms with E-state index in [4.69, 9.17) is 5.48 Å². The second-order valence-corrected chi connectivity index (χ2v) is 23.2. The van der Waals surface area contributed by atoms with Crippen molar-refractivity contribution in [3.8, 4) is 44.8 Å². The van der Waals surface area contributed by atoms with Crippen molar-refractivity contribution in [1.82, 2.24) is 9.13 Å². The Balaban J connectivity index is 0.000000136. The van der Waals surface area contributed by atoms with Crippen LogP contribution >= 0.6 is 22.7 Å². The minimum atomic E-state index is -0.198. The van der Waals surface area contributed by atoms with Crippen LogP contribution in [0.1, 0.15) is 5.48 Å². The van der Waals surface area contributed by atoms with Crippen LogP contribution in [0.2, 0.25) is 0 Å². The van der Waals surface area contributed by atoms with Gasteiger partial charge < -0.3 is 9.13 Å². The largest absolute Gasteiger partial charge is 0.309 e. The van der Waals surface area contributed by atoms with Crippen LogP contribution in [0.3, 0.4) is 0 Å². The van der Waals surface area contributed by atoms with E-state index in [-0.39, 0.29) is 24.2 Å². The van der Waals surface area contributed by atoms with Crippen LogP contribution in [0.4, 0.5) is 0 Å². The molecule has 0 unspecified atom stereocenters. The first kappa shape index (κ1) is 42.8. The molecule has 0 N–H and O–H groups in total. The third-order valence-corrected chi connectivity index (χ3v) is 19.0. The Hall–Kier alpha value is -10.1. The van der Waals surface area contributed by atoms with Crippen LogP contribution in [0.5, 0.6) is 0 Å². The van der Waals surface area contributed by atoms with Gasteiger partial charge in [-0.05, 0) is 98.7 Å². The lowest BCUT2D eigenvalue weighted by Gasteiger charge is -2.11. The predicted molar refractivity (Wildman–Crippen MR) is 356 cm³/mol. The summed E-state index contributed by atoms with van der Waals surface area (Å²) < 4.78 is 43.5. The predicted octanol–water partition coefficient (Wildman–Crippen LogP) is 22.8. The molecule has 82 heavy (non-hydrogen) atoms. The van der Waals surface area contributed by atoms with Gasteiger partial charge in [-0.1, -0.05) is 237 Å². The summed E-state index contributed by atoms with van der Waals surface area (Å²) in [7, 11) is 0. The second-order valence-electron chi connectivity index (χ2n) is 21.1. The number of para-hydroxylation sites is 2. The average molecular weight is 1080 g/mol. The van der Waals surface area contributed by atoms with Gasteiger partial charge in [0.2, 0.25) is 0 Å². The molecule has 4 heterocycles. The maximum absolute atomic E-state index is 8.94. The Morgan fingerprint density at radius 3 is 1.30 bits per heavy atom. The number of benzene rings is 14. The van der Waals surface area contributed by atoms with E-state index >= 15 is 0 Å². The first-order chi connectivity index (χ1) is 42.4. The summed E-state index contributed by atoms with van der Waals surface area (Å²) in [5.74, 6) is 0. The van der Waals surface area contributed by atoms with Crippen molar-refractivity contribution in [2.75, 3.05) is 0 Å². The lowest BCUT2D eigenvalue weighted by atomic mass is 9.95. The maximum Gasteiger partial charge on any atom is 0.0638 e. The molecule has 0 fully saturated rings. The minimum absolute atomic E-state index is 0.0142. The Kier molecular flexibility index (Phi) is 9.79. The van der Waals surface area contributed by atoms with E-state index in [9.17, 15) is 0 Å². The number of nitrogens with zero attached hydrogens (tertiary/aromatic N) is 2. The molecule has 14 aromatic carbocycles. The van der Waals surface area contributed by atoms with Crippen molar-refractivity contribution >= 4 is 139 Å². The molecular weight excluding hydrogens is 1030 g/mol. The van der Waals surface area contributed by atoms with Crippen molar-refractivity contribution < 1.29 is 5.48 Å². The zero-order chi connectivity index (χ0) is 57.3. The van der Waals surface area contributed by atoms with Gasteiger partial charge in [0.25, 0.3) is 0 Å². The van der Waals surface area contributed by atoms with E-state index in [1.165, 1.54) is 103 Å². The number of rotatable bonds is 5. The van der Waals surface area contributed by atoms with Crippen molar-refractivity contribution in [3.05, 3.63) is 291 Å². The molecule has 0 aliphatic heterocycles. The van der Waals surface area contributed by atoms with E-state index in [0.29, 0.717) is 10.1 Å². The number of aromatic nitrogens is 2. The molecule has 4 heteroatoms.